The highest BCUT2D eigenvalue weighted by molar-refractivity contribution is 5.92. The van der Waals surface area contributed by atoms with E-state index in [1.54, 1.807) is 6.92 Å². The van der Waals surface area contributed by atoms with Gasteiger partial charge in [-0.3, -0.25) is 0 Å². The first kappa shape index (κ1) is 27.1. The lowest BCUT2D eigenvalue weighted by molar-refractivity contribution is -0.0892. The summed E-state index contributed by atoms with van der Waals surface area (Å²) in [6.07, 6.45) is 10.6. The summed E-state index contributed by atoms with van der Waals surface area (Å²) in [6, 6.07) is 10.1. The molecule has 2 aliphatic rings. The zero-order chi connectivity index (χ0) is 29.2. The minimum Gasteiger partial charge on any atom is -0.444 e. The van der Waals surface area contributed by atoms with Crippen LogP contribution in [0.5, 0.6) is 0 Å². The number of amides is 1. The van der Waals surface area contributed by atoms with Crippen LogP contribution in [0.25, 0.3) is 33.5 Å². The van der Waals surface area contributed by atoms with E-state index in [9.17, 15) is 9.90 Å². The van der Waals surface area contributed by atoms with Crippen LogP contribution in [-0.2, 0) is 10.3 Å². The lowest BCUT2D eigenvalue weighted by Gasteiger charge is -2.52. The second-order valence-corrected chi connectivity index (χ2v) is 12.8. The molecular formula is C33H37N5O3. The highest BCUT2D eigenvalue weighted by Gasteiger charge is 2.53. The molecule has 3 heterocycles. The molecule has 8 nitrogen and oxygen atoms in total. The molecule has 2 N–H and O–H groups in total. The third kappa shape index (κ3) is 5.01. The number of pyridine rings is 1. The largest absolute Gasteiger partial charge is 0.444 e. The van der Waals surface area contributed by atoms with Gasteiger partial charge in [0.05, 0.1) is 22.5 Å². The Morgan fingerprint density at radius 1 is 1.15 bits per heavy atom. The number of rotatable bonds is 4. The first-order valence-corrected chi connectivity index (χ1v) is 14.2. The number of nitrogens with zero attached hydrogens (tertiary/aromatic N) is 4. The summed E-state index contributed by atoms with van der Waals surface area (Å²) < 4.78 is 7.38. The number of aromatic nitrogens is 4. The number of benzene rings is 1. The fourth-order valence-corrected chi connectivity index (χ4v) is 6.35. The predicted molar refractivity (Wildman–Crippen MR) is 160 cm³/mol. The summed E-state index contributed by atoms with van der Waals surface area (Å²) in [4.78, 5) is 22.7. The van der Waals surface area contributed by atoms with Crippen LogP contribution >= 0.6 is 0 Å². The third-order valence-electron chi connectivity index (χ3n) is 7.97. The van der Waals surface area contributed by atoms with E-state index in [1.807, 2.05) is 56.6 Å². The summed E-state index contributed by atoms with van der Waals surface area (Å²) >= 11 is 0. The van der Waals surface area contributed by atoms with Gasteiger partial charge in [-0.15, -0.1) is 0 Å². The number of fused-ring (bicyclic) bond motifs is 3. The number of carbonyl (C=O) groups excluding carboxylic acids is 1. The summed E-state index contributed by atoms with van der Waals surface area (Å²) in [7, 11) is 0. The first-order chi connectivity index (χ1) is 19.3. The summed E-state index contributed by atoms with van der Waals surface area (Å²) in [5.74, 6) is 0. The van der Waals surface area contributed by atoms with Gasteiger partial charge in [-0.05, 0) is 71.1 Å². The Labute approximate surface area is 240 Å². The average Bonchev–Trinajstić information content (AvgIpc) is 3.27. The maximum absolute atomic E-state index is 12.8. The van der Waals surface area contributed by atoms with Gasteiger partial charge in [-0.2, -0.15) is 9.61 Å². The van der Waals surface area contributed by atoms with Crippen molar-refractivity contribution in [2.24, 2.45) is 0 Å². The second kappa shape index (κ2) is 9.52. The van der Waals surface area contributed by atoms with Crippen molar-refractivity contribution in [1.29, 1.82) is 0 Å². The van der Waals surface area contributed by atoms with Crippen LogP contribution in [0.3, 0.4) is 0 Å². The minimum absolute atomic E-state index is 0.403. The molecule has 8 heteroatoms. The van der Waals surface area contributed by atoms with E-state index in [1.165, 1.54) is 5.57 Å². The highest BCUT2D eigenvalue weighted by atomic mass is 16.6. The Morgan fingerprint density at radius 2 is 1.88 bits per heavy atom. The zero-order valence-electron chi connectivity index (χ0n) is 24.6. The quantitative estimate of drug-likeness (QED) is 0.298. The molecule has 0 aliphatic heterocycles. The molecule has 3 aromatic heterocycles. The van der Waals surface area contributed by atoms with Crippen molar-refractivity contribution < 1.29 is 14.6 Å². The molecule has 6 rings (SSSR count). The van der Waals surface area contributed by atoms with E-state index in [0.717, 1.165) is 63.2 Å². The molecule has 1 amide bonds. The monoisotopic (exact) mass is 551 g/mol. The first-order valence-electron chi connectivity index (χ1n) is 14.2. The van der Waals surface area contributed by atoms with Crippen molar-refractivity contribution in [2.75, 3.05) is 0 Å². The van der Waals surface area contributed by atoms with Crippen molar-refractivity contribution in [3.8, 4) is 11.3 Å². The van der Waals surface area contributed by atoms with Crippen LogP contribution in [0, 0.1) is 13.8 Å². The number of hydrogen-bond acceptors (Lipinski definition) is 6. The zero-order valence-corrected chi connectivity index (χ0v) is 24.6. The lowest BCUT2D eigenvalue weighted by Crippen LogP contribution is -2.62. The van der Waals surface area contributed by atoms with Gasteiger partial charge in [-0.1, -0.05) is 42.5 Å². The van der Waals surface area contributed by atoms with E-state index in [2.05, 4.69) is 52.7 Å². The molecule has 2 aliphatic carbocycles. The third-order valence-corrected chi connectivity index (χ3v) is 7.97. The molecular weight excluding hydrogens is 514 g/mol. The number of aryl methyl sites for hydroxylation is 2. The molecule has 1 saturated carbocycles. The number of allylic oxidation sites excluding steroid dienone is 4. The van der Waals surface area contributed by atoms with Crippen molar-refractivity contribution >= 4 is 28.3 Å². The van der Waals surface area contributed by atoms with Crippen molar-refractivity contribution in [3.05, 3.63) is 77.1 Å². The molecule has 0 spiro atoms. The lowest BCUT2D eigenvalue weighted by atomic mass is 9.62. The standard InChI is InChI=1S/C33H37N5O3/c1-20-16-26-34-17-25-21(2)27(22-10-8-7-9-11-22)28(35-29(25)38(26)37-20)23-12-14-24(15-13-23)33(18-32(6,40)19-33)36-30(39)41-31(3,4)5/h7-8,10,12-17,40H,9,11,18-19H2,1-6H3,(H,36,39)/t32-,33-. The fourth-order valence-electron chi connectivity index (χ4n) is 6.35. The van der Waals surface area contributed by atoms with Crippen LogP contribution in [0.1, 0.15) is 75.8 Å². The van der Waals surface area contributed by atoms with Crippen LogP contribution < -0.4 is 5.32 Å². The Bertz CT molecular complexity index is 1730. The summed E-state index contributed by atoms with van der Waals surface area (Å²) in [5.41, 5.74) is 6.50. The van der Waals surface area contributed by atoms with Gasteiger partial charge in [0.25, 0.3) is 0 Å². The molecule has 0 radical (unpaired) electrons. The number of hydrogen-bond donors (Lipinski definition) is 2. The van der Waals surface area contributed by atoms with Gasteiger partial charge in [-0.25, -0.2) is 14.8 Å². The Balaban J connectivity index is 1.46. The predicted octanol–water partition coefficient (Wildman–Crippen LogP) is 6.56. The molecule has 1 aromatic carbocycles. The van der Waals surface area contributed by atoms with Crippen molar-refractivity contribution in [3.63, 3.8) is 0 Å². The number of nitrogens with one attached hydrogen (secondary N) is 1. The number of ether oxygens (including phenoxy) is 1. The smallest absolute Gasteiger partial charge is 0.408 e. The Kier molecular flexibility index (Phi) is 6.30. The normalized spacial score (nSPS) is 22.5. The molecule has 0 atom stereocenters. The second-order valence-electron chi connectivity index (χ2n) is 12.8. The van der Waals surface area contributed by atoms with Crippen LogP contribution in [0.15, 0.2) is 54.8 Å². The number of alkyl carbamates (subject to hydrolysis) is 1. The maximum Gasteiger partial charge on any atom is 0.408 e. The topological polar surface area (TPSA) is 102 Å². The van der Waals surface area contributed by atoms with E-state index in [-0.39, 0.29) is 0 Å². The highest BCUT2D eigenvalue weighted by Crippen LogP contribution is 2.49. The average molecular weight is 552 g/mol. The molecule has 0 bridgehead atoms. The van der Waals surface area contributed by atoms with Gasteiger partial charge in [0.15, 0.2) is 11.3 Å². The van der Waals surface area contributed by atoms with Gasteiger partial charge in [0.2, 0.25) is 0 Å². The van der Waals surface area contributed by atoms with Crippen LogP contribution in [0.4, 0.5) is 4.79 Å². The SMILES string of the molecule is Cc1cc2ncc3c(C)c(C4=CC=CCC4)c(-c4ccc([C@]5(NC(=O)OC(C)(C)C)C[C@](C)(O)C5)cc4)nc3n2n1. The van der Waals surface area contributed by atoms with Crippen molar-refractivity contribution in [1.82, 2.24) is 24.9 Å². The van der Waals surface area contributed by atoms with Crippen molar-refractivity contribution in [2.45, 2.75) is 84.0 Å². The summed E-state index contributed by atoms with van der Waals surface area (Å²) in [6.45, 7) is 11.4. The molecule has 0 unspecified atom stereocenters. The van der Waals surface area contributed by atoms with E-state index >= 15 is 0 Å². The van der Waals surface area contributed by atoms with E-state index in [0.29, 0.717) is 12.8 Å². The van der Waals surface area contributed by atoms with Crippen LogP contribution in [0.2, 0.25) is 0 Å². The van der Waals surface area contributed by atoms with E-state index < -0.39 is 22.8 Å². The molecule has 212 valence electrons. The van der Waals surface area contributed by atoms with Gasteiger partial charge in [0.1, 0.15) is 5.60 Å². The minimum atomic E-state index is -0.861. The molecule has 4 aromatic rings. The van der Waals surface area contributed by atoms with Crippen LogP contribution in [-0.4, -0.2) is 42.0 Å². The van der Waals surface area contributed by atoms with E-state index in [4.69, 9.17) is 9.72 Å². The molecule has 1 fully saturated rings. The molecule has 41 heavy (non-hydrogen) atoms. The van der Waals surface area contributed by atoms with Gasteiger partial charge in [0, 0.05) is 41.6 Å². The molecule has 0 saturated heterocycles. The Morgan fingerprint density at radius 3 is 2.51 bits per heavy atom. The summed E-state index contributed by atoms with van der Waals surface area (Å²) in [5, 5.41) is 19.4. The van der Waals surface area contributed by atoms with Gasteiger partial charge < -0.3 is 15.2 Å². The fraction of sp³-hybridized carbons (Fsp3) is 0.394. The van der Waals surface area contributed by atoms with Gasteiger partial charge >= 0.3 is 6.09 Å². The number of carbonyl (C=O) groups is 1. The maximum atomic E-state index is 12.8. The number of aliphatic hydroxyl groups is 1. The Hall–Kier alpha value is -4.04.